The smallest absolute Gasteiger partial charge is 0.163 e. The van der Waals surface area contributed by atoms with Gasteiger partial charge in [-0.25, -0.2) is 9.97 Å². The Morgan fingerprint density at radius 2 is 2.00 bits per heavy atom. The number of aryl methyl sites for hydroxylation is 1. The van der Waals surface area contributed by atoms with Crippen molar-refractivity contribution < 1.29 is 0 Å². The Kier molecular flexibility index (Phi) is 1.83. The third-order valence-electron chi connectivity index (χ3n) is 2.91. The van der Waals surface area contributed by atoms with Crippen molar-refractivity contribution in [2.45, 2.75) is 12.8 Å². The molecule has 0 spiro atoms. The molecule has 0 amide bonds. The highest BCUT2D eigenvalue weighted by Crippen LogP contribution is 2.24. The first kappa shape index (κ1) is 8.64. The summed E-state index contributed by atoms with van der Waals surface area (Å²) in [5.41, 5.74) is 0.909. The van der Waals surface area contributed by atoms with Gasteiger partial charge in [0.05, 0.1) is 11.6 Å². The van der Waals surface area contributed by atoms with Gasteiger partial charge in [0.1, 0.15) is 12.1 Å². The Balaban J connectivity index is 2.17. The monoisotopic (exact) mass is 203 g/mol. The van der Waals surface area contributed by atoms with Gasteiger partial charge in [0.2, 0.25) is 0 Å². The lowest BCUT2D eigenvalue weighted by Gasteiger charge is -2.16. The van der Waals surface area contributed by atoms with Gasteiger partial charge in [-0.2, -0.15) is 5.10 Å². The molecular formula is C10H13N5. The highest BCUT2D eigenvalue weighted by molar-refractivity contribution is 5.86. The number of hydrogen-bond donors (Lipinski definition) is 0. The number of aromatic nitrogens is 4. The maximum absolute atomic E-state index is 4.36. The third kappa shape index (κ3) is 1.26. The molecular weight excluding hydrogens is 190 g/mol. The number of rotatable bonds is 1. The highest BCUT2D eigenvalue weighted by Gasteiger charge is 2.17. The molecule has 15 heavy (non-hydrogen) atoms. The average molecular weight is 203 g/mol. The standard InChI is InChI=1S/C10H13N5/c1-14-9-8(6-13-14)10(12-7-11-9)15-4-2-3-5-15/h6-7H,2-5H2,1H3. The molecule has 0 aliphatic carbocycles. The van der Waals surface area contributed by atoms with Crippen LogP contribution in [0.15, 0.2) is 12.5 Å². The Labute approximate surface area is 87.7 Å². The van der Waals surface area contributed by atoms with Gasteiger partial charge in [-0.15, -0.1) is 0 Å². The van der Waals surface area contributed by atoms with E-state index in [9.17, 15) is 0 Å². The Hall–Kier alpha value is -1.65. The quantitative estimate of drug-likeness (QED) is 0.692. The van der Waals surface area contributed by atoms with Crippen LogP contribution in [0.1, 0.15) is 12.8 Å². The van der Waals surface area contributed by atoms with E-state index in [-0.39, 0.29) is 0 Å². The Morgan fingerprint density at radius 1 is 1.20 bits per heavy atom. The summed E-state index contributed by atoms with van der Waals surface area (Å²) in [5.74, 6) is 1.03. The second-order valence-corrected chi connectivity index (χ2v) is 3.90. The minimum atomic E-state index is 0.909. The summed E-state index contributed by atoms with van der Waals surface area (Å²) in [6, 6.07) is 0. The lowest BCUT2D eigenvalue weighted by Crippen LogP contribution is -2.19. The zero-order valence-electron chi connectivity index (χ0n) is 8.72. The van der Waals surface area contributed by atoms with Crippen LogP contribution < -0.4 is 4.90 Å². The molecule has 1 saturated heterocycles. The van der Waals surface area contributed by atoms with Gasteiger partial charge >= 0.3 is 0 Å². The van der Waals surface area contributed by atoms with Crippen LogP contribution in [0.4, 0.5) is 5.82 Å². The summed E-state index contributed by atoms with van der Waals surface area (Å²) in [4.78, 5) is 10.9. The summed E-state index contributed by atoms with van der Waals surface area (Å²) < 4.78 is 1.79. The highest BCUT2D eigenvalue weighted by atomic mass is 15.3. The van der Waals surface area contributed by atoms with Crippen LogP contribution in [0.3, 0.4) is 0 Å². The van der Waals surface area contributed by atoms with Gasteiger partial charge < -0.3 is 4.90 Å². The van der Waals surface area contributed by atoms with Crippen LogP contribution in [0.2, 0.25) is 0 Å². The molecule has 0 saturated carbocycles. The van der Waals surface area contributed by atoms with E-state index >= 15 is 0 Å². The molecule has 0 atom stereocenters. The minimum absolute atomic E-state index is 0.909. The molecule has 0 aromatic carbocycles. The molecule has 2 aromatic heterocycles. The zero-order chi connectivity index (χ0) is 10.3. The molecule has 0 radical (unpaired) electrons. The van der Waals surface area contributed by atoms with Crippen molar-refractivity contribution >= 4 is 16.9 Å². The van der Waals surface area contributed by atoms with Gasteiger partial charge in [-0.3, -0.25) is 4.68 Å². The maximum atomic E-state index is 4.36. The number of anilines is 1. The van der Waals surface area contributed by atoms with Crippen molar-refractivity contribution in [3.05, 3.63) is 12.5 Å². The summed E-state index contributed by atoms with van der Waals surface area (Å²) >= 11 is 0. The van der Waals surface area contributed by atoms with E-state index < -0.39 is 0 Å². The molecule has 78 valence electrons. The lowest BCUT2D eigenvalue weighted by atomic mass is 10.3. The topological polar surface area (TPSA) is 46.8 Å². The molecule has 1 aliphatic rings. The molecule has 0 N–H and O–H groups in total. The van der Waals surface area contributed by atoms with Crippen LogP contribution in [0, 0.1) is 0 Å². The zero-order valence-corrected chi connectivity index (χ0v) is 8.72. The molecule has 0 bridgehead atoms. The van der Waals surface area contributed by atoms with E-state index in [0.29, 0.717) is 0 Å². The SMILES string of the molecule is Cn1ncc2c(N3CCCC3)ncnc21. The van der Waals surface area contributed by atoms with Gasteiger partial charge in [0.25, 0.3) is 0 Å². The van der Waals surface area contributed by atoms with Crippen LogP contribution in [0.25, 0.3) is 11.0 Å². The molecule has 5 nitrogen and oxygen atoms in total. The predicted molar refractivity (Wildman–Crippen MR) is 57.8 cm³/mol. The first-order chi connectivity index (χ1) is 7.36. The lowest BCUT2D eigenvalue weighted by molar-refractivity contribution is 0.785. The third-order valence-corrected chi connectivity index (χ3v) is 2.91. The van der Waals surface area contributed by atoms with E-state index in [1.54, 1.807) is 11.0 Å². The molecule has 1 fully saturated rings. The summed E-state index contributed by atoms with van der Waals surface area (Å²) in [6.07, 6.45) is 5.98. The van der Waals surface area contributed by atoms with Crippen molar-refractivity contribution in [2.24, 2.45) is 7.05 Å². The van der Waals surface area contributed by atoms with Gasteiger partial charge in [-0.05, 0) is 12.8 Å². The van der Waals surface area contributed by atoms with Crippen molar-refractivity contribution in [2.75, 3.05) is 18.0 Å². The average Bonchev–Trinajstić information content (AvgIpc) is 2.88. The summed E-state index contributed by atoms with van der Waals surface area (Å²) in [7, 11) is 1.91. The van der Waals surface area contributed by atoms with E-state index in [4.69, 9.17) is 0 Å². The predicted octanol–water partition coefficient (Wildman–Crippen LogP) is 0.963. The Morgan fingerprint density at radius 3 is 2.80 bits per heavy atom. The number of fused-ring (bicyclic) bond motifs is 1. The number of hydrogen-bond acceptors (Lipinski definition) is 4. The van der Waals surface area contributed by atoms with Crippen LogP contribution in [-0.2, 0) is 7.05 Å². The van der Waals surface area contributed by atoms with Crippen molar-refractivity contribution in [1.29, 1.82) is 0 Å². The Bertz CT molecular complexity index is 484. The van der Waals surface area contributed by atoms with E-state index in [2.05, 4.69) is 20.0 Å². The fourth-order valence-corrected chi connectivity index (χ4v) is 2.13. The van der Waals surface area contributed by atoms with E-state index in [0.717, 1.165) is 29.9 Å². The number of nitrogens with zero attached hydrogens (tertiary/aromatic N) is 5. The summed E-state index contributed by atoms with van der Waals surface area (Å²) in [5, 5.41) is 5.27. The van der Waals surface area contributed by atoms with Crippen molar-refractivity contribution in [1.82, 2.24) is 19.7 Å². The molecule has 3 heterocycles. The van der Waals surface area contributed by atoms with Crippen LogP contribution in [0.5, 0.6) is 0 Å². The fraction of sp³-hybridized carbons (Fsp3) is 0.500. The minimum Gasteiger partial charge on any atom is -0.356 e. The van der Waals surface area contributed by atoms with Crippen LogP contribution >= 0.6 is 0 Å². The fourth-order valence-electron chi connectivity index (χ4n) is 2.13. The summed E-state index contributed by atoms with van der Waals surface area (Å²) in [6.45, 7) is 2.20. The first-order valence-electron chi connectivity index (χ1n) is 5.24. The van der Waals surface area contributed by atoms with Gasteiger partial charge in [-0.1, -0.05) is 0 Å². The molecule has 0 unspecified atom stereocenters. The van der Waals surface area contributed by atoms with Crippen molar-refractivity contribution in [3.63, 3.8) is 0 Å². The van der Waals surface area contributed by atoms with Gasteiger partial charge in [0, 0.05) is 20.1 Å². The molecule has 3 rings (SSSR count). The molecule has 2 aromatic rings. The molecule has 1 aliphatic heterocycles. The van der Waals surface area contributed by atoms with E-state index in [1.807, 2.05) is 13.2 Å². The normalized spacial score (nSPS) is 16.5. The largest absolute Gasteiger partial charge is 0.356 e. The first-order valence-corrected chi connectivity index (χ1v) is 5.24. The second kappa shape index (κ2) is 3.18. The van der Waals surface area contributed by atoms with E-state index in [1.165, 1.54) is 12.8 Å². The van der Waals surface area contributed by atoms with Crippen molar-refractivity contribution in [3.8, 4) is 0 Å². The molecule has 5 heteroatoms. The van der Waals surface area contributed by atoms with Crippen LogP contribution in [-0.4, -0.2) is 32.8 Å². The second-order valence-electron chi connectivity index (χ2n) is 3.90. The van der Waals surface area contributed by atoms with Gasteiger partial charge in [0.15, 0.2) is 5.65 Å². The maximum Gasteiger partial charge on any atom is 0.163 e.